The maximum Gasteiger partial charge on any atom is 0.145 e. The van der Waals surface area contributed by atoms with Crippen molar-refractivity contribution in [2.75, 3.05) is 13.2 Å². The first-order chi connectivity index (χ1) is 8.77. The molecule has 0 amide bonds. The van der Waals surface area contributed by atoms with Gasteiger partial charge in [-0.15, -0.1) is 0 Å². The Morgan fingerprint density at radius 1 is 1.44 bits per heavy atom. The molecular weight excluding hydrogens is 226 g/mol. The second-order valence-corrected chi connectivity index (χ2v) is 5.49. The summed E-state index contributed by atoms with van der Waals surface area (Å²) < 4.78 is 5.43. The molecule has 18 heavy (non-hydrogen) atoms. The second kappa shape index (κ2) is 4.81. The van der Waals surface area contributed by atoms with E-state index in [1.165, 1.54) is 5.56 Å². The van der Waals surface area contributed by atoms with Crippen molar-refractivity contribution < 1.29 is 9.53 Å². The van der Waals surface area contributed by atoms with Crippen LogP contribution in [0.4, 0.5) is 0 Å². The number of nitrogens with zero attached hydrogens (tertiary/aromatic N) is 1. The number of ether oxygens (including phenoxy) is 1. The monoisotopic (exact) mass is 245 g/mol. The minimum absolute atomic E-state index is 0.0340. The Morgan fingerprint density at radius 3 is 3.17 bits per heavy atom. The zero-order valence-electron chi connectivity index (χ0n) is 10.8. The van der Waals surface area contributed by atoms with Crippen LogP contribution < -0.4 is 0 Å². The summed E-state index contributed by atoms with van der Waals surface area (Å²) in [5.74, 6) is 0.936. The van der Waals surface area contributed by atoms with Gasteiger partial charge in [0.1, 0.15) is 5.78 Å². The number of aromatic nitrogens is 1. The molecule has 1 fully saturated rings. The lowest BCUT2D eigenvalue weighted by atomic mass is 9.80. The number of rotatable bonds is 2. The second-order valence-electron chi connectivity index (χ2n) is 5.49. The molecule has 0 spiro atoms. The van der Waals surface area contributed by atoms with Gasteiger partial charge in [-0.25, -0.2) is 0 Å². The molecule has 3 nitrogen and oxygen atoms in total. The summed E-state index contributed by atoms with van der Waals surface area (Å²) >= 11 is 0. The fourth-order valence-electron chi connectivity index (χ4n) is 3.25. The summed E-state index contributed by atoms with van der Waals surface area (Å²) in [7, 11) is 0. The molecule has 0 saturated carbocycles. The van der Waals surface area contributed by atoms with Crippen molar-refractivity contribution in [2.45, 2.75) is 32.1 Å². The SMILES string of the molecule is CC1COCCC1C(=O)C1CCc2cccnc21. The Morgan fingerprint density at radius 2 is 2.33 bits per heavy atom. The molecule has 2 heterocycles. The number of hydrogen-bond donors (Lipinski definition) is 0. The van der Waals surface area contributed by atoms with Crippen molar-refractivity contribution in [2.24, 2.45) is 11.8 Å². The van der Waals surface area contributed by atoms with Gasteiger partial charge in [-0.2, -0.15) is 0 Å². The van der Waals surface area contributed by atoms with Gasteiger partial charge in [0.05, 0.1) is 11.6 Å². The highest BCUT2D eigenvalue weighted by atomic mass is 16.5. The summed E-state index contributed by atoms with van der Waals surface area (Å²) in [6.07, 6.45) is 4.61. The van der Waals surface area contributed by atoms with E-state index in [9.17, 15) is 4.79 Å². The topological polar surface area (TPSA) is 39.2 Å². The van der Waals surface area contributed by atoms with E-state index in [-0.39, 0.29) is 11.8 Å². The lowest BCUT2D eigenvalue weighted by Crippen LogP contribution is -2.34. The van der Waals surface area contributed by atoms with Crippen LogP contribution in [0.3, 0.4) is 0 Å². The number of Topliss-reactive ketones (excluding diaryl/α,β-unsaturated/α-hetero) is 1. The first-order valence-electron chi connectivity index (χ1n) is 6.82. The third-order valence-corrected chi connectivity index (χ3v) is 4.31. The van der Waals surface area contributed by atoms with Gasteiger partial charge in [0, 0.05) is 25.3 Å². The Kier molecular flexibility index (Phi) is 3.16. The molecule has 0 bridgehead atoms. The number of carbonyl (C=O) groups is 1. The molecular formula is C15H19NO2. The third kappa shape index (κ3) is 1.97. The molecule has 3 atom stereocenters. The third-order valence-electron chi connectivity index (χ3n) is 4.31. The van der Waals surface area contributed by atoms with Crippen molar-refractivity contribution in [1.82, 2.24) is 4.98 Å². The fraction of sp³-hybridized carbons (Fsp3) is 0.600. The molecule has 96 valence electrons. The quantitative estimate of drug-likeness (QED) is 0.803. The Balaban J connectivity index is 1.82. The van der Waals surface area contributed by atoms with Crippen LogP contribution in [0.1, 0.15) is 36.9 Å². The van der Waals surface area contributed by atoms with Crippen molar-refractivity contribution in [1.29, 1.82) is 0 Å². The van der Waals surface area contributed by atoms with Crippen molar-refractivity contribution >= 4 is 5.78 Å². The average Bonchev–Trinajstić information content (AvgIpc) is 2.82. The van der Waals surface area contributed by atoms with Crippen LogP contribution >= 0.6 is 0 Å². The first-order valence-corrected chi connectivity index (χ1v) is 6.82. The normalized spacial score (nSPS) is 31.1. The van der Waals surface area contributed by atoms with Crippen LogP contribution in [0.5, 0.6) is 0 Å². The number of carbonyl (C=O) groups excluding carboxylic acids is 1. The van der Waals surface area contributed by atoms with E-state index in [4.69, 9.17) is 4.74 Å². The van der Waals surface area contributed by atoms with E-state index >= 15 is 0 Å². The number of fused-ring (bicyclic) bond motifs is 1. The van der Waals surface area contributed by atoms with E-state index in [2.05, 4.69) is 18.0 Å². The largest absolute Gasteiger partial charge is 0.381 e. The van der Waals surface area contributed by atoms with Crippen LogP contribution in [0.15, 0.2) is 18.3 Å². The molecule has 0 N–H and O–H groups in total. The number of hydrogen-bond acceptors (Lipinski definition) is 3. The zero-order chi connectivity index (χ0) is 12.5. The predicted octanol–water partition coefficient (Wildman–Crippen LogP) is 2.35. The maximum atomic E-state index is 12.7. The lowest BCUT2D eigenvalue weighted by Gasteiger charge is -2.29. The molecule has 2 aliphatic rings. The van der Waals surface area contributed by atoms with E-state index in [1.54, 1.807) is 6.20 Å². The first kappa shape index (κ1) is 11.8. The highest BCUT2D eigenvalue weighted by Crippen LogP contribution is 2.36. The van der Waals surface area contributed by atoms with Crippen molar-refractivity contribution in [3.8, 4) is 0 Å². The minimum atomic E-state index is 0.0340. The Hall–Kier alpha value is -1.22. The van der Waals surface area contributed by atoms with Gasteiger partial charge in [0.25, 0.3) is 0 Å². The highest BCUT2D eigenvalue weighted by molar-refractivity contribution is 5.88. The molecule has 3 unspecified atom stereocenters. The standard InChI is InChI=1S/C15H19NO2/c1-10-9-18-8-6-12(10)15(17)13-5-4-11-3-2-7-16-14(11)13/h2-3,7,10,12-13H,4-6,8-9H2,1H3. The van der Waals surface area contributed by atoms with Crippen LogP contribution in [0.25, 0.3) is 0 Å². The number of pyridine rings is 1. The van der Waals surface area contributed by atoms with Crippen LogP contribution in [0, 0.1) is 11.8 Å². The van der Waals surface area contributed by atoms with Crippen molar-refractivity contribution in [3.05, 3.63) is 29.6 Å². The zero-order valence-corrected chi connectivity index (χ0v) is 10.8. The lowest BCUT2D eigenvalue weighted by molar-refractivity contribution is -0.129. The molecule has 1 aromatic heterocycles. The Labute approximate surface area is 108 Å². The molecule has 1 aromatic rings. The number of ketones is 1. The smallest absolute Gasteiger partial charge is 0.145 e. The molecule has 3 heteroatoms. The summed E-state index contributed by atoms with van der Waals surface area (Å²) in [5.41, 5.74) is 2.29. The molecule has 0 radical (unpaired) electrons. The van der Waals surface area contributed by atoms with Gasteiger partial charge >= 0.3 is 0 Å². The van der Waals surface area contributed by atoms with Gasteiger partial charge in [-0.05, 0) is 36.8 Å². The van der Waals surface area contributed by atoms with Crippen LogP contribution in [-0.2, 0) is 16.0 Å². The van der Waals surface area contributed by atoms with E-state index in [1.807, 2.05) is 6.07 Å². The summed E-state index contributed by atoms with van der Waals surface area (Å²) in [6.45, 7) is 3.57. The predicted molar refractivity (Wildman–Crippen MR) is 68.4 cm³/mol. The van der Waals surface area contributed by atoms with Gasteiger partial charge in [-0.3, -0.25) is 9.78 Å². The minimum Gasteiger partial charge on any atom is -0.381 e. The van der Waals surface area contributed by atoms with Gasteiger partial charge in [-0.1, -0.05) is 13.0 Å². The van der Waals surface area contributed by atoms with E-state index in [0.29, 0.717) is 11.7 Å². The van der Waals surface area contributed by atoms with Gasteiger partial charge in [0.2, 0.25) is 0 Å². The van der Waals surface area contributed by atoms with Crippen LogP contribution in [-0.4, -0.2) is 24.0 Å². The van der Waals surface area contributed by atoms with Crippen molar-refractivity contribution in [3.63, 3.8) is 0 Å². The average molecular weight is 245 g/mol. The molecule has 1 saturated heterocycles. The summed E-state index contributed by atoms with van der Waals surface area (Å²) in [6, 6.07) is 4.06. The highest BCUT2D eigenvalue weighted by Gasteiger charge is 2.37. The molecule has 1 aliphatic carbocycles. The summed E-state index contributed by atoms with van der Waals surface area (Å²) in [4.78, 5) is 17.1. The van der Waals surface area contributed by atoms with Crippen LogP contribution in [0.2, 0.25) is 0 Å². The molecule has 0 aromatic carbocycles. The fourth-order valence-corrected chi connectivity index (χ4v) is 3.25. The number of aryl methyl sites for hydroxylation is 1. The molecule has 1 aliphatic heterocycles. The summed E-state index contributed by atoms with van der Waals surface area (Å²) in [5, 5.41) is 0. The maximum absolute atomic E-state index is 12.7. The van der Waals surface area contributed by atoms with E-state index in [0.717, 1.165) is 38.2 Å². The Bertz CT molecular complexity index is 458. The van der Waals surface area contributed by atoms with Gasteiger partial charge in [0.15, 0.2) is 0 Å². The van der Waals surface area contributed by atoms with Gasteiger partial charge < -0.3 is 4.74 Å². The van der Waals surface area contributed by atoms with E-state index < -0.39 is 0 Å². The molecule has 3 rings (SSSR count).